The lowest BCUT2D eigenvalue weighted by molar-refractivity contribution is -0.149. The number of cyclic esters (lactones) is 1. The van der Waals surface area contributed by atoms with E-state index in [4.69, 9.17) is 9.47 Å². The van der Waals surface area contributed by atoms with Crippen LogP contribution in [0.1, 0.15) is 66.7 Å². The summed E-state index contributed by atoms with van der Waals surface area (Å²) in [6, 6.07) is 0. The molecule has 0 radical (unpaired) electrons. The lowest BCUT2D eigenvalue weighted by Crippen LogP contribution is -2.52. The fourth-order valence-electron chi connectivity index (χ4n) is 5.48. The van der Waals surface area contributed by atoms with Gasteiger partial charge in [0, 0.05) is 37.9 Å². The van der Waals surface area contributed by atoms with Crippen LogP contribution in [-0.2, 0) is 19.1 Å². The number of ketones is 1. The molecule has 0 aromatic carbocycles. The van der Waals surface area contributed by atoms with E-state index >= 15 is 0 Å². The number of hydrogen-bond donors (Lipinski definition) is 4. The molecule has 1 unspecified atom stereocenters. The number of rotatable bonds is 9. The molecular weight excluding hydrogens is 392 g/mol. The second-order valence-corrected chi connectivity index (χ2v) is 10.4. The zero-order valence-corrected chi connectivity index (χ0v) is 19.0. The zero-order chi connectivity index (χ0) is 23.1. The second-order valence-electron chi connectivity index (χ2n) is 10.4. The van der Waals surface area contributed by atoms with Gasteiger partial charge in [0.25, 0.3) is 0 Å². The van der Waals surface area contributed by atoms with Crippen LogP contribution in [0.25, 0.3) is 0 Å². The summed E-state index contributed by atoms with van der Waals surface area (Å²) < 4.78 is 10.7. The first-order valence-electron chi connectivity index (χ1n) is 10.6. The number of Topliss-reactive ketones (excluding diaryl/α,β-unsaturated/α-hetero) is 1. The molecule has 1 saturated heterocycles. The predicted molar refractivity (Wildman–Crippen MR) is 108 cm³/mol. The summed E-state index contributed by atoms with van der Waals surface area (Å²) >= 11 is 0. The maximum atomic E-state index is 12.5. The number of carbonyl (C=O) groups is 2. The van der Waals surface area contributed by atoms with Crippen LogP contribution in [0.3, 0.4) is 0 Å². The van der Waals surface area contributed by atoms with Crippen molar-refractivity contribution in [2.24, 2.45) is 16.7 Å². The molecule has 30 heavy (non-hydrogen) atoms. The summed E-state index contributed by atoms with van der Waals surface area (Å²) in [4.78, 5) is 23.8. The topological polar surface area (TPSA) is 134 Å². The van der Waals surface area contributed by atoms with E-state index in [1.807, 2.05) is 0 Å². The van der Waals surface area contributed by atoms with Crippen molar-refractivity contribution >= 4 is 11.8 Å². The molecule has 1 aliphatic heterocycles. The molecular formula is C22H38O8. The number of aliphatic hydroxyl groups is 4. The summed E-state index contributed by atoms with van der Waals surface area (Å²) in [5, 5.41) is 44.2. The van der Waals surface area contributed by atoms with Gasteiger partial charge in [0.1, 0.15) is 17.5 Å². The minimum absolute atomic E-state index is 0.0766. The standard InChI is InChI=1S/C22H38O8/c1-13(23)7-8-14(24)16-17(25)20(4,12-21(16,5)27)11-15-22(28,9-10-29-6)19(2,3)18(26)30-15/h14-17,24-25,27-28H,7-12H2,1-6H3/t14-,15-,16?,17-,20+,21-,22+/m1/s1. The van der Waals surface area contributed by atoms with E-state index in [2.05, 4.69) is 0 Å². The van der Waals surface area contributed by atoms with Gasteiger partial charge in [-0.15, -0.1) is 0 Å². The molecule has 1 aliphatic carbocycles. The van der Waals surface area contributed by atoms with Crippen molar-refractivity contribution in [2.75, 3.05) is 13.7 Å². The summed E-state index contributed by atoms with van der Waals surface area (Å²) in [5.74, 6) is -1.46. The molecule has 0 amide bonds. The SMILES string of the molecule is COCC[C@]1(O)[C@@H](C[C@@]2(C)C[C@@](C)(O)C([C@H](O)CCC(C)=O)[C@H]2O)OC(=O)C1(C)C. The van der Waals surface area contributed by atoms with Gasteiger partial charge < -0.3 is 34.7 Å². The Labute approximate surface area is 178 Å². The van der Waals surface area contributed by atoms with Gasteiger partial charge in [-0.3, -0.25) is 4.79 Å². The van der Waals surface area contributed by atoms with Crippen molar-refractivity contribution in [2.45, 2.75) is 96.2 Å². The van der Waals surface area contributed by atoms with Gasteiger partial charge >= 0.3 is 5.97 Å². The van der Waals surface area contributed by atoms with E-state index in [1.54, 1.807) is 27.7 Å². The Hall–Kier alpha value is -1.06. The minimum atomic E-state index is -1.50. The molecule has 0 aromatic heterocycles. The van der Waals surface area contributed by atoms with Crippen LogP contribution in [0, 0.1) is 16.7 Å². The molecule has 1 heterocycles. The van der Waals surface area contributed by atoms with Crippen LogP contribution in [0.4, 0.5) is 0 Å². The average molecular weight is 431 g/mol. The normalized spacial score (nSPS) is 41.7. The third kappa shape index (κ3) is 4.30. The summed E-state index contributed by atoms with van der Waals surface area (Å²) in [6.45, 7) is 8.24. The number of ether oxygens (including phenoxy) is 2. The predicted octanol–water partition coefficient (Wildman–Crippen LogP) is 0.964. The Morgan fingerprint density at radius 2 is 1.87 bits per heavy atom. The van der Waals surface area contributed by atoms with E-state index in [0.29, 0.717) is 0 Å². The van der Waals surface area contributed by atoms with Crippen LogP contribution >= 0.6 is 0 Å². The molecule has 2 aliphatic rings. The lowest BCUT2D eigenvalue weighted by Gasteiger charge is -2.40. The first-order chi connectivity index (χ1) is 13.6. The van der Waals surface area contributed by atoms with E-state index in [0.717, 1.165) is 0 Å². The molecule has 4 N–H and O–H groups in total. The Morgan fingerprint density at radius 3 is 2.40 bits per heavy atom. The Kier molecular flexibility index (Phi) is 7.11. The molecule has 8 heteroatoms. The molecule has 0 spiro atoms. The van der Waals surface area contributed by atoms with E-state index in [1.165, 1.54) is 14.0 Å². The number of esters is 1. The van der Waals surface area contributed by atoms with Crippen molar-refractivity contribution in [3.8, 4) is 0 Å². The van der Waals surface area contributed by atoms with Crippen molar-refractivity contribution in [3.05, 3.63) is 0 Å². The fraction of sp³-hybridized carbons (Fsp3) is 0.909. The summed E-state index contributed by atoms with van der Waals surface area (Å²) in [6.07, 6.45) is -2.31. The highest BCUT2D eigenvalue weighted by atomic mass is 16.6. The van der Waals surface area contributed by atoms with Crippen molar-refractivity contribution in [1.82, 2.24) is 0 Å². The van der Waals surface area contributed by atoms with Gasteiger partial charge in [-0.2, -0.15) is 0 Å². The molecule has 1 saturated carbocycles. The minimum Gasteiger partial charge on any atom is -0.459 e. The maximum Gasteiger partial charge on any atom is 0.314 e. The van der Waals surface area contributed by atoms with Gasteiger partial charge in [-0.25, -0.2) is 0 Å². The Bertz CT molecular complexity index is 660. The zero-order valence-electron chi connectivity index (χ0n) is 19.0. The molecule has 8 nitrogen and oxygen atoms in total. The highest BCUT2D eigenvalue weighted by Crippen LogP contribution is 2.56. The number of aliphatic hydroxyl groups excluding tert-OH is 2. The third-order valence-electron chi connectivity index (χ3n) is 7.45. The second kappa shape index (κ2) is 8.47. The highest BCUT2D eigenvalue weighted by molar-refractivity contribution is 5.80. The van der Waals surface area contributed by atoms with Crippen LogP contribution in [0.2, 0.25) is 0 Å². The number of hydrogen-bond acceptors (Lipinski definition) is 8. The lowest BCUT2D eigenvalue weighted by atomic mass is 9.67. The summed E-state index contributed by atoms with van der Waals surface area (Å²) in [5.41, 5.74) is -4.95. The maximum absolute atomic E-state index is 12.5. The van der Waals surface area contributed by atoms with Crippen LogP contribution in [0.15, 0.2) is 0 Å². The number of methoxy groups -OCH3 is 1. The van der Waals surface area contributed by atoms with Gasteiger partial charge in [0.05, 0.1) is 23.2 Å². The van der Waals surface area contributed by atoms with E-state index in [-0.39, 0.29) is 44.5 Å². The molecule has 2 rings (SSSR count). The average Bonchev–Trinajstić information content (AvgIpc) is 2.89. The largest absolute Gasteiger partial charge is 0.459 e. The molecule has 7 atom stereocenters. The molecule has 0 bridgehead atoms. The fourth-order valence-corrected chi connectivity index (χ4v) is 5.48. The van der Waals surface area contributed by atoms with E-state index < -0.39 is 52.2 Å². The molecule has 2 fully saturated rings. The first-order valence-corrected chi connectivity index (χ1v) is 10.6. The Morgan fingerprint density at radius 1 is 1.27 bits per heavy atom. The Balaban J connectivity index is 2.28. The van der Waals surface area contributed by atoms with Crippen LogP contribution < -0.4 is 0 Å². The van der Waals surface area contributed by atoms with Crippen molar-refractivity contribution < 1.29 is 39.5 Å². The third-order valence-corrected chi connectivity index (χ3v) is 7.45. The monoisotopic (exact) mass is 430 g/mol. The van der Waals surface area contributed by atoms with Gasteiger partial charge in [-0.1, -0.05) is 6.92 Å². The quantitative estimate of drug-likeness (QED) is 0.398. The highest BCUT2D eigenvalue weighted by Gasteiger charge is 2.65. The van der Waals surface area contributed by atoms with Crippen molar-refractivity contribution in [1.29, 1.82) is 0 Å². The molecule has 174 valence electrons. The summed E-state index contributed by atoms with van der Waals surface area (Å²) in [7, 11) is 1.51. The van der Waals surface area contributed by atoms with Crippen molar-refractivity contribution in [3.63, 3.8) is 0 Å². The number of carbonyl (C=O) groups excluding carboxylic acids is 2. The van der Waals surface area contributed by atoms with Gasteiger partial charge in [0.15, 0.2) is 0 Å². The van der Waals surface area contributed by atoms with Crippen LogP contribution in [0.5, 0.6) is 0 Å². The van der Waals surface area contributed by atoms with Gasteiger partial charge in [-0.05, 0) is 47.0 Å². The first kappa shape index (κ1) is 25.2. The molecule has 0 aromatic rings. The van der Waals surface area contributed by atoms with E-state index in [9.17, 15) is 30.0 Å². The van der Waals surface area contributed by atoms with Gasteiger partial charge in [0.2, 0.25) is 0 Å². The smallest absolute Gasteiger partial charge is 0.314 e. The van der Waals surface area contributed by atoms with Crippen LogP contribution in [-0.4, -0.2) is 75.4 Å².